The van der Waals surface area contributed by atoms with E-state index in [-0.39, 0.29) is 11.9 Å². The number of urea groups is 1. The van der Waals surface area contributed by atoms with E-state index in [4.69, 9.17) is 4.74 Å². The van der Waals surface area contributed by atoms with Crippen molar-refractivity contribution in [1.29, 1.82) is 0 Å². The zero-order chi connectivity index (χ0) is 18.4. The van der Waals surface area contributed by atoms with Crippen molar-refractivity contribution in [1.82, 2.24) is 0 Å². The molecule has 0 bridgehead atoms. The summed E-state index contributed by atoms with van der Waals surface area (Å²) < 4.78 is 7.02. The van der Waals surface area contributed by atoms with Crippen molar-refractivity contribution in [2.45, 2.75) is 13.0 Å². The molecule has 8 heteroatoms. The van der Waals surface area contributed by atoms with Crippen LogP contribution in [0.5, 0.6) is 5.75 Å². The van der Waals surface area contributed by atoms with Crippen LogP contribution in [0, 0.1) is 0 Å². The Kier molecular flexibility index (Phi) is 4.32. The molecule has 1 unspecified atom stereocenters. The molecule has 4 rings (SSSR count). The molecular formula is C18H14Br2N3O3+. The fourth-order valence-corrected chi connectivity index (χ4v) is 3.93. The Balaban J connectivity index is 1.75. The number of hydrogen-bond acceptors (Lipinski definition) is 3. The first kappa shape index (κ1) is 17.2. The molecule has 3 amide bonds. The number of nitrogens with zero attached hydrogens (tertiary/aromatic N) is 2. The molecule has 2 heterocycles. The van der Waals surface area contributed by atoms with Gasteiger partial charge in [0.1, 0.15) is 11.4 Å². The summed E-state index contributed by atoms with van der Waals surface area (Å²) in [5.74, 6) is 0.361. The van der Waals surface area contributed by atoms with Gasteiger partial charge in [0.15, 0.2) is 12.3 Å². The number of halogens is 2. The Morgan fingerprint density at radius 1 is 1.15 bits per heavy atom. The lowest BCUT2D eigenvalue weighted by Gasteiger charge is -2.21. The topological polar surface area (TPSA) is 63.8 Å². The molecule has 0 radical (unpaired) electrons. The van der Waals surface area contributed by atoms with Crippen LogP contribution in [-0.4, -0.2) is 30.8 Å². The Morgan fingerprint density at radius 2 is 1.96 bits per heavy atom. The van der Waals surface area contributed by atoms with Gasteiger partial charge in [-0.3, -0.25) is 9.69 Å². The third kappa shape index (κ3) is 2.64. The molecule has 26 heavy (non-hydrogen) atoms. The molecule has 2 aliphatic rings. The molecule has 1 saturated heterocycles. The summed E-state index contributed by atoms with van der Waals surface area (Å²) in [6.45, 7) is 2.42. The number of carbonyl (C=O) groups excluding carboxylic acids is 2. The zero-order valence-electron chi connectivity index (χ0n) is 13.7. The molecular weight excluding hydrogens is 466 g/mol. The van der Waals surface area contributed by atoms with Crippen LogP contribution in [0.15, 0.2) is 45.3 Å². The summed E-state index contributed by atoms with van der Waals surface area (Å²) >= 11 is 6.85. The second-order valence-electron chi connectivity index (χ2n) is 5.79. The molecule has 1 N–H and O–H groups in total. The minimum Gasteiger partial charge on any atom is -0.493 e. The molecule has 0 saturated carbocycles. The summed E-state index contributed by atoms with van der Waals surface area (Å²) in [4.78, 5) is 31.8. The highest BCUT2D eigenvalue weighted by Gasteiger charge is 2.50. The van der Waals surface area contributed by atoms with E-state index in [1.54, 1.807) is 24.4 Å². The van der Waals surface area contributed by atoms with Gasteiger partial charge in [-0.1, -0.05) is 15.9 Å². The maximum absolute atomic E-state index is 13.1. The van der Waals surface area contributed by atoms with E-state index in [1.165, 1.54) is 9.80 Å². The number of carbonyl (C=O) groups is 2. The van der Waals surface area contributed by atoms with E-state index in [1.807, 2.05) is 25.1 Å². The van der Waals surface area contributed by atoms with Gasteiger partial charge in [0, 0.05) is 10.5 Å². The lowest BCUT2D eigenvalue weighted by molar-refractivity contribution is -0.350. The number of benzene rings is 2. The van der Waals surface area contributed by atoms with Gasteiger partial charge in [-0.15, -0.1) is 0 Å². The van der Waals surface area contributed by atoms with Crippen LogP contribution in [-0.2, 0) is 4.79 Å². The number of ether oxygens (including phenoxy) is 1. The van der Waals surface area contributed by atoms with Crippen LogP contribution in [0.4, 0.5) is 21.9 Å². The average Bonchev–Trinajstić information content (AvgIpc) is 2.88. The Labute approximate surface area is 166 Å². The van der Waals surface area contributed by atoms with Gasteiger partial charge in [-0.05, 0) is 53.2 Å². The Hall–Kier alpha value is -2.19. The van der Waals surface area contributed by atoms with E-state index < -0.39 is 6.04 Å². The van der Waals surface area contributed by atoms with Gasteiger partial charge in [-0.25, -0.2) is 14.7 Å². The van der Waals surface area contributed by atoms with Crippen LogP contribution in [0.25, 0.3) is 0 Å². The van der Waals surface area contributed by atoms with Gasteiger partial charge in [-0.2, -0.15) is 0 Å². The summed E-state index contributed by atoms with van der Waals surface area (Å²) in [5, 5.41) is 0. The quantitative estimate of drug-likeness (QED) is 0.688. The van der Waals surface area contributed by atoms with Crippen LogP contribution in [0.2, 0.25) is 0 Å². The van der Waals surface area contributed by atoms with Crippen molar-refractivity contribution in [3.8, 4) is 5.75 Å². The predicted octanol–water partition coefficient (Wildman–Crippen LogP) is 2.75. The molecule has 1 fully saturated rings. The third-order valence-electron chi connectivity index (χ3n) is 4.24. The SMILES string of the molecule is CCOc1ccc(N2C(=O)C3C=[NH+]c4ccc(Br)cc4N3C2=O)cc1Br. The van der Waals surface area contributed by atoms with Gasteiger partial charge < -0.3 is 4.74 Å². The molecule has 2 aromatic carbocycles. The van der Waals surface area contributed by atoms with Crippen LogP contribution < -0.4 is 19.5 Å². The Bertz CT molecular complexity index is 961. The number of hydrogen-bond donors (Lipinski definition) is 1. The van der Waals surface area contributed by atoms with Gasteiger partial charge in [0.05, 0.1) is 16.8 Å². The van der Waals surface area contributed by atoms with E-state index in [9.17, 15) is 9.59 Å². The third-order valence-corrected chi connectivity index (χ3v) is 5.35. The molecule has 2 aliphatic heterocycles. The second kappa shape index (κ2) is 6.51. The number of anilines is 2. The normalized spacial score (nSPS) is 18.2. The molecule has 2 aromatic rings. The fourth-order valence-electron chi connectivity index (χ4n) is 3.10. The zero-order valence-corrected chi connectivity index (χ0v) is 16.9. The van der Waals surface area contributed by atoms with Gasteiger partial charge in [0.2, 0.25) is 5.69 Å². The summed E-state index contributed by atoms with van der Waals surface area (Å²) in [6.07, 6.45) is 1.64. The lowest BCUT2D eigenvalue weighted by Crippen LogP contribution is -2.69. The number of amides is 3. The predicted molar refractivity (Wildman–Crippen MR) is 105 cm³/mol. The summed E-state index contributed by atoms with van der Waals surface area (Å²) in [7, 11) is 0. The van der Waals surface area contributed by atoms with Crippen LogP contribution in [0.3, 0.4) is 0 Å². The summed E-state index contributed by atoms with van der Waals surface area (Å²) in [6, 6.07) is 9.67. The largest absolute Gasteiger partial charge is 0.493 e. The van der Waals surface area contributed by atoms with Crippen molar-refractivity contribution >= 4 is 67.1 Å². The highest BCUT2D eigenvalue weighted by molar-refractivity contribution is 9.10. The number of fused-ring (bicyclic) bond motifs is 3. The number of nitrogens with one attached hydrogen (secondary N) is 1. The molecule has 0 aliphatic carbocycles. The minimum absolute atomic E-state index is 0.302. The molecule has 0 spiro atoms. The molecule has 1 atom stereocenters. The van der Waals surface area contributed by atoms with Gasteiger partial charge in [0.25, 0.3) is 5.91 Å². The number of rotatable bonds is 3. The highest BCUT2D eigenvalue weighted by Crippen LogP contribution is 2.37. The molecule has 6 nitrogen and oxygen atoms in total. The maximum atomic E-state index is 13.1. The summed E-state index contributed by atoms with van der Waals surface area (Å²) in [5.41, 5.74) is 1.94. The van der Waals surface area contributed by atoms with Crippen molar-refractivity contribution < 1.29 is 19.3 Å². The van der Waals surface area contributed by atoms with Crippen LogP contribution >= 0.6 is 31.9 Å². The van der Waals surface area contributed by atoms with Crippen molar-refractivity contribution in [3.63, 3.8) is 0 Å². The molecule has 0 aromatic heterocycles. The van der Waals surface area contributed by atoms with Gasteiger partial charge >= 0.3 is 6.03 Å². The van der Waals surface area contributed by atoms with E-state index >= 15 is 0 Å². The van der Waals surface area contributed by atoms with Crippen molar-refractivity contribution in [2.24, 2.45) is 0 Å². The minimum atomic E-state index is -0.686. The smallest absolute Gasteiger partial charge is 0.337 e. The first-order chi connectivity index (χ1) is 12.5. The number of imide groups is 1. The standard InChI is InChI=1S/C18H13Br2N3O3/c1-2-26-16-6-4-11(8-12(16)20)22-17(24)15-9-21-13-5-3-10(19)7-14(13)23(15)18(22)25/h3-9,15H,2H2,1H3/p+1. The van der Waals surface area contributed by atoms with Crippen LogP contribution in [0.1, 0.15) is 6.92 Å². The first-order valence-corrected chi connectivity index (χ1v) is 9.59. The van der Waals surface area contributed by atoms with Crippen molar-refractivity contribution in [3.05, 3.63) is 45.3 Å². The van der Waals surface area contributed by atoms with E-state index in [0.717, 1.165) is 10.2 Å². The first-order valence-electron chi connectivity index (χ1n) is 8.00. The van der Waals surface area contributed by atoms with Crippen molar-refractivity contribution in [2.75, 3.05) is 16.4 Å². The van der Waals surface area contributed by atoms with E-state index in [0.29, 0.717) is 28.2 Å². The fraction of sp³-hybridized carbons (Fsp3) is 0.167. The molecule has 132 valence electrons. The highest BCUT2D eigenvalue weighted by atomic mass is 79.9. The Morgan fingerprint density at radius 3 is 2.69 bits per heavy atom. The lowest BCUT2D eigenvalue weighted by atomic mass is 10.1. The second-order valence-corrected chi connectivity index (χ2v) is 7.56. The average molecular weight is 480 g/mol. The maximum Gasteiger partial charge on any atom is 0.337 e. The van der Waals surface area contributed by atoms with E-state index in [2.05, 4.69) is 36.9 Å². The monoisotopic (exact) mass is 478 g/mol.